The molecule has 1 amide bonds. The minimum Gasteiger partial charge on any atom is -0.386 e. The molecule has 2 aromatic carbocycles. The molecule has 0 fully saturated rings. The molecule has 0 bridgehead atoms. The lowest BCUT2D eigenvalue weighted by Gasteiger charge is -2.30. The van der Waals surface area contributed by atoms with Crippen LogP contribution in [0.15, 0.2) is 78.2 Å². The van der Waals surface area contributed by atoms with Gasteiger partial charge in [-0.3, -0.25) is 4.79 Å². The fraction of sp³-hybridized carbons (Fsp3) is 0.261. The number of carbonyl (C=O) groups excluding carboxylic acids is 1. The van der Waals surface area contributed by atoms with Gasteiger partial charge in [-0.2, -0.15) is 0 Å². The minimum absolute atomic E-state index is 0.0594. The normalized spacial score (nSPS) is 14.2. The molecule has 4 nitrogen and oxygen atoms in total. The number of nitrogens with zero attached hydrogens (tertiary/aromatic N) is 1. The number of hydrogen-bond donors (Lipinski definition) is 2. The molecule has 3 unspecified atom stereocenters. The summed E-state index contributed by atoms with van der Waals surface area (Å²) >= 11 is 1.49. The number of hydrogen-bond acceptors (Lipinski definition) is 4. The molecule has 146 valence electrons. The fourth-order valence-corrected chi connectivity index (χ4v) is 3.92. The maximum absolute atomic E-state index is 13.3. The first-order valence-corrected chi connectivity index (χ1v) is 10.3. The number of carbonyl (C=O) groups is 1. The van der Waals surface area contributed by atoms with E-state index in [1.807, 2.05) is 85.1 Å². The molecule has 0 saturated carbocycles. The van der Waals surface area contributed by atoms with Crippen LogP contribution < -0.4 is 5.73 Å². The van der Waals surface area contributed by atoms with Crippen molar-refractivity contribution in [1.82, 2.24) is 4.90 Å². The van der Waals surface area contributed by atoms with Gasteiger partial charge in [-0.1, -0.05) is 73.7 Å². The standard InChI is InChI=1S/C23H26N2O2S/c1-17(22(24)19-11-6-3-7-12-19)23(27)25(15-18-9-4-2-5-10-18)16-20(26)21-13-8-14-28-21/h2-14,17,20,22,26H,15-16,24H2,1H3. The highest BCUT2D eigenvalue weighted by Crippen LogP contribution is 2.25. The molecule has 0 saturated heterocycles. The second kappa shape index (κ2) is 9.64. The SMILES string of the molecule is CC(C(=O)N(Cc1ccccc1)CC(O)c1cccs1)C(N)c1ccccc1. The number of amides is 1. The molecule has 0 aliphatic heterocycles. The van der Waals surface area contributed by atoms with Crippen LogP contribution in [0.4, 0.5) is 0 Å². The van der Waals surface area contributed by atoms with Crippen molar-refractivity contribution in [3.05, 3.63) is 94.2 Å². The Kier molecular flexibility index (Phi) is 6.98. The van der Waals surface area contributed by atoms with Crippen LogP contribution in [0, 0.1) is 5.92 Å². The molecule has 3 aromatic rings. The zero-order valence-corrected chi connectivity index (χ0v) is 16.8. The lowest BCUT2D eigenvalue weighted by Crippen LogP contribution is -2.41. The van der Waals surface area contributed by atoms with Gasteiger partial charge in [0.2, 0.25) is 5.91 Å². The van der Waals surface area contributed by atoms with E-state index < -0.39 is 18.1 Å². The average Bonchev–Trinajstić information content (AvgIpc) is 3.28. The van der Waals surface area contributed by atoms with Crippen molar-refractivity contribution in [2.45, 2.75) is 25.6 Å². The van der Waals surface area contributed by atoms with Crippen molar-refractivity contribution in [3.8, 4) is 0 Å². The number of nitrogens with two attached hydrogens (primary N) is 1. The third kappa shape index (κ3) is 5.07. The van der Waals surface area contributed by atoms with E-state index in [1.54, 1.807) is 4.90 Å². The van der Waals surface area contributed by atoms with Crippen molar-refractivity contribution < 1.29 is 9.90 Å². The van der Waals surface area contributed by atoms with Crippen molar-refractivity contribution >= 4 is 17.2 Å². The zero-order valence-electron chi connectivity index (χ0n) is 15.9. The molecular weight excluding hydrogens is 368 g/mol. The molecular formula is C23H26N2O2S. The maximum atomic E-state index is 13.3. The Morgan fingerprint density at radius 3 is 2.29 bits per heavy atom. The summed E-state index contributed by atoms with van der Waals surface area (Å²) < 4.78 is 0. The highest BCUT2D eigenvalue weighted by molar-refractivity contribution is 7.10. The van der Waals surface area contributed by atoms with E-state index in [0.29, 0.717) is 6.54 Å². The van der Waals surface area contributed by atoms with Crippen LogP contribution in [0.2, 0.25) is 0 Å². The van der Waals surface area contributed by atoms with Crippen LogP contribution in [-0.2, 0) is 11.3 Å². The number of rotatable bonds is 8. The van der Waals surface area contributed by atoms with Crippen LogP contribution in [-0.4, -0.2) is 22.5 Å². The second-order valence-electron chi connectivity index (χ2n) is 6.96. The van der Waals surface area contributed by atoms with Gasteiger partial charge in [0.1, 0.15) is 6.10 Å². The van der Waals surface area contributed by atoms with Gasteiger partial charge in [-0.05, 0) is 22.6 Å². The molecule has 3 N–H and O–H groups in total. The van der Waals surface area contributed by atoms with Crippen LogP contribution in [0.25, 0.3) is 0 Å². The quantitative estimate of drug-likeness (QED) is 0.603. The summed E-state index contributed by atoms with van der Waals surface area (Å²) in [7, 11) is 0. The summed E-state index contributed by atoms with van der Waals surface area (Å²) in [5, 5.41) is 12.6. The molecule has 1 heterocycles. The molecule has 1 aromatic heterocycles. The highest BCUT2D eigenvalue weighted by atomic mass is 32.1. The first-order valence-electron chi connectivity index (χ1n) is 9.41. The van der Waals surface area contributed by atoms with E-state index in [2.05, 4.69) is 0 Å². The smallest absolute Gasteiger partial charge is 0.227 e. The van der Waals surface area contributed by atoms with E-state index in [-0.39, 0.29) is 12.5 Å². The lowest BCUT2D eigenvalue weighted by molar-refractivity contribution is -0.137. The maximum Gasteiger partial charge on any atom is 0.227 e. The molecule has 0 radical (unpaired) electrons. The lowest BCUT2D eigenvalue weighted by atomic mass is 9.94. The van der Waals surface area contributed by atoms with E-state index in [1.165, 1.54) is 11.3 Å². The van der Waals surface area contributed by atoms with Gasteiger partial charge in [-0.25, -0.2) is 0 Å². The Morgan fingerprint density at radius 1 is 1.04 bits per heavy atom. The number of aliphatic hydroxyl groups is 1. The summed E-state index contributed by atoms with van der Waals surface area (Å²) in [5.41, 5.74) is 8.34. The van der Waals surface area contributed by atoms with Crippen molar-refractivity contribution in [1.29, 1.82) is 0 Å². The van der Waals surface area contributed by atoms with E-state index in [0.717, 1.165) is 16.0 Å². The van der Waals surface area contributed by atoms with Crippen LogP contribution in [0.1, 0.15) is 35.1 Å². The van der Waals surface area contributed by atoms with Gasteiger partial charge < -0.3 is 15.7 Å². The Morgan fingerprint density at radius 2 is 1.68 bits per heavy atom. The van der Waals surface area contributed by atoms with Crippen molar-refractivity contribution in [2.24, 2.45) is 11.7 Å². The topological polar surface area (TPSA) is 66.6 Å². The fourth-order valence-electron chi connectivity index (χ4n) is 3.22. The Hall–Kier alpha value is -2.47. The molecule has 0 spiro atoms. The number of thiophene rings is 1. The van der Waals surface area contributed by atoms with Gasteiger partial charge in [-0.15, -0.1) is 11.3 Å². The first-order chi connectivity index (χ1) is 13.6. The predicted molar refractivity (Wildman–Crippen MR) is 114 cm³/mol. The van der Waals surface area contributed by atoms with Crippen LogP contribution >= 0.6 is 11.3 Å². The van der Waals surface area contributed by atoms with Crippen molar-refractivity contribution in [3.63, 3.8) is 0 Å². The average molecular weight is 395 g/mol. The van der Waals surface area contributed by atoms with Crippen LogP contribution in [0.3, 0.4) is 0 Å². The largest absolute Gasteiger partial charge is 0.386 e. The van der Waals surface area contributed by atoms with Crippen LogP contribution in [0.5, 0.6) is 0 Å². The van der Waals surface area contributed by atoms with E-state index in [4.69, 9.17) is 5.73 Å². The Labute approximate surface area is 170 Å². The number of aliphatic hydroxyl groups excluding tert-OH is 1. The van der Waals surface area contributed by atoms with Gasteiger partial charge >= 0.3 is 0 Å². The van der Waals surface area contributed by atoms with Crippen molar-refractivity contribution in [2.75, 3.05) is 6.54 Å². The Balaban J connectivity index is 1.79. The first kappa shape index (κ1) is 20.3. The third-order valence-electron chi connectivity index (χ3n) is 4.91. The molecule has 3 atom stereocenters. The molecule has 28 heavy (non-hydrogen) atoms. The Bertz CT molecular complexity index is 853. The van der Waals surface area contributed by atoms with E-state index >= 15 is 0 Å². The molecule has 0 aliphatic carbocycles. The second-order valence-corrected chi connectivity index (χ2v) is 7.94. The van der Waals surface area contributed by atoms with E-state index in [9.17, 15) is 9.90 Å². The predicted octanol–water partition coefficient (Wildman–Crippen LogP) is 4.15. The van der Waals surface area contributed by atoms with Gasteiger partial charge in [0.15, 0.2) is 0 Å². The minimum atomic E-state index is -0.715. The molecule has 0 aliphatic rings. The summed E-state index contributed by atoms with van der Waals surface area (Å²) in [5.74, 6) is -0.461. The monoisotopic (exact) mass is 394 g/mol. The number of benzene rings is 2. The molecule has 5 heteroatoms. The van der Waals surface area contributed by atoms with Gasteiger partial charge in [0.25, 0.3) is 0 Å². The summed E-state index contributed by atoms with van der Waals surface area (Å²) in [6, 6.07) is 22.9. The summed E-state index contributed by atoms with van der Waals surface area (Å²) in [6.07, 6.45) is -0.715. The summed E-state index contributed by atoms with van der Waals surface area (Å²) in [4.78, 5) is 15.9. The zero-order chi connectivity index (χ0) is 19.9. The van der Waals surface area contributed by atoms with Gasteiger partial charge in [0, 0.05) is 17.5 Å². The highest BCUT2D eigenvalue weighted by Gasteiger charge is 2.28. The molecule has 3 rings (SSSR count). The third-order valence-corrected chi connectivity index (χ3v) is 5.88. The summed E-state index contributed by atoms with van der Waals surface area (Å²) in [6.45, 7) is 2.53. The van der Waals surface area contributed by atoms with Gasteiger partial charge in [0.05, 0.1) is 12.5 Å².